The summed E-state index contributed by atoms with van der Waals surface area (Å²) in [5.74, 6) is 0.244. The summed E-state index contributed by atoms with van der Waals surface area (Å²) in [4.78, 5) is 24.5. The number of amides is 2. The van der Waals surface area contributed by atoms with Gasteiger partial charge in [0.25, 0.3) is 11.8 Å². The number of benzene rings is 2. The summed E-state index contributed by atoms with van der Waals surface area (Å²) in [6, 6.07) is 16.9. The maximum Gasteiger partial charge on any atom is 0.291 e. The lowest BCUT2D eigenvalue weighted by Gasteiger charge is -2.09. The number of methoxy groups -OCH3 is 1. The second-order valence-electron chi connectivity index (χ2n) is 5.83. The van der Waals surface area contributed by atoms with E-state index in [0.29, 0.717) is 35.9 Å². The zero-order valence-corrected chi connectivity index (χ0v) is 15.3. The lowest BCUT2D eigenvalue weighted by atomic mass is 10.2. The Hall–Kier alpha value is -3.58. The number of hydrogen-bond acceptors (Lipinski definition) is 5. The van der Waals surface area contributed by atoms with E-state index in [2.05, 4.69) is 10.6 Å². The topological polar surface area (TPSA) is 89.8 Å². The predicted molar refractivity (Wildman–Crippen MR) is 105 cm³/mol. The van der Waals surface area contributed by atoms with Gasteiger partial charge in [0.15, 0.2) is 5.76 Å². The quantitative estimate of drug-likeness (QED) is 0.580. The number of hydrogen-bond donors (Lipinski definition) is 2. The molecule has 3 aromatic rings. The maximum absolute atomic E-state index is 12.4. The van der Waals surface area contributed by atoms with Crippen LogP contribution in [0.2, 0.25) is 0 Å². The predicted octanol–water partition coefficient (Wildman–Crippen LogP) is 3.81. The van der Waals surface area contributed by atoms with Crippen LogP contribution in [0.15, 0.2) is 71.3 Å². The van der Waals surface area contributed by atoms with E-state index in [0.717, 1.165) is 0 Å². The van der Waals surface area contributed by atoms with Crippen molar-refractivity contribution < 1.29 is 23.5 Å². The Labute approximate surface area is 162 Å². The van der Waals surface area contributed by atoms with Crippen LogP contribution in [-0.2, 0) is 4.74 Å². The lowest BCUT2D eigenvalue weighted by molar-refractivity contribution is 0.0995. The van der Waals surface area contributed by atoms with E-state index < -0.39 is 0 Å². The monoisotopic (exact) mass is 380 g/mol. The van der Waals surface area contributed by atoms with Crippen LogP contribution in [0.1, 0.15) is 20.9 Å². The molecule has 1 aromatic heterocycles. The summed E-state index contributed by atoms with van der Waals surface area (Å²) in [5.41, 5.74) is 1.59. The highest BCUT2D eigenvalue weighted by Gasteiger charge is 2.10. The molecule has 0 aliphatic heterocycles. The van der Waals surface area contributed by atoms with Crippen LogP contribution >= 0.6 is 0 Å². The Morgan fingerprint density at radius 2 is 1.61 bits per heavy atom. The summed E-state index contributed by atoms with van der Waals surface area (Å²) in [7, 11) is 1.61. The van der Waals surface area contributed by atoms with Gasteiger partial charge >= 0.3 is 0 Å². The largest absolute Gasteiger partial charge is 0.491 e. The SMILES string of the molecule is COCCOc1ccc(C(=O)Nc2cccc(NC(=O)c3ccco3)c2)cc1. The molecule has 0 aliphatic carbocycles. The average molecular weight is 380 g/mol. The molecule has 0 saturated heterocycles. The second kappa shape index (κ2) is 9.38. The third-order valence-corrected chi connectivity index (χ3v) is 3.80. The molecule has 0 unspecified atom stereocenters. The van der Waals surface area contributed by atoms with E-state index >= 15 is 0 Å². The Morgan fingerprint density at radius 3 is 2.25 bits per heavy atom. The van der Waals surface area contributed by atoms with E-state index in [1.807, 2.05) is 0 Å². The first-order chi connectivity index (χ1) is 13.7. The van der Waals surface area contributed by atoms with Crippen molar-refractivity contribution in [3.63, 3.8) is 0 Å². The normalized spacial score (nSPS) is 10.3. The molecule has 0 saturated carbocycles. The molecule has 0 atom stereocenters. The van der Waals surface area contributed by atoms with E-state index in [1.54, 1.807) is 67.8 Å². The molecular weight excluding hydrogens is 360 g/mol. The number of carbonyl (C=O) groups is 2. The van der Waals surface area contributed by atoms with Gasteiger partial charge in [0.1, 0.15) is 12.4 Å². The molecule has 0 bridgehead atoms. The molecule has 28 heavy (non-hydrogen) atoms. The van der Waals surface area contributed by atoms with Crippen LogP contribution in [0.5, 0.6) is 5.75 Å². The molecule has 0 radical (unpaired) electrons. The van der Waals surface area contributed by atoms with Crippen molar-refractivity contribution in [1.82, 2.24) is 0 Å². The van der Waals surface area contributed by atoms with Gasteiger partial charge in [-0.3, -0.25) is 9.59 Å². The summed E-state index contributed by atoms with van der Waals surface area (Å²) >= 11 is 0. The Kier molecular flexibility index (Phi) is 6.43. The fourth-order valence-electron chi connectivity index (χ4n) is 2.42. The van der Waals surface area contributed by atoms with Crippen molar-refractivity contribution in [2.45, 2.75) is 0 Å². The van der Waals surface area contributed by atoms with E-state index in [-0.39, 0.29) is 17.6 Å². The van der Waals surface area contributed by atoms with Gasteiger partial charge in [-0.2, -0.15) is 0 Å². The highest BCUT2D eigenvalue weighted by molar-refractivity contribution is 6.05. The molecule has 2 N–H and O–H groups in total. The van der Waals surface area contributed by atoms with Crippen molar-refractivity contribution in [3.8, 4) is 5.75 Å². The van der Waals surface area contributed by atoms with E-state index in [4.69, 9.17) is 13.9 Å². The molecule has 7 heteroatoms. The molecule has 0 fully saturated rings. The smallest absolute Gasteiger partial charge is 0.291 e. The Bertz CT molecular complexity index is 920. The second-order valence-corrected chi connectivity index (χ2v) is 5.83. The van der Waals surface area contributed by atoms with Crippen LogP contribution in [0, 0.1) is 0 Å². The Morgan fingerprint density at radius 1 is 0.893 bits per heavy atom. The third-order valence-electron chi connectivity index (χ3n) is 3.80. The molecule has 144 valence electrons. The molecular formula is C21H20N2O5. The number of rotatable bonds is 8. The first kappa shape index (κ1) is 19.2. The van der Waals surface area contributed by atoms with Crippen molar-refractivity contribution in [2.24, 2.45) is 0 Å². The van der Waals surface area contributed by atoms with Crippen LogP contribution < -0.4 is 15.4 Å². The Balaban J connectivity index is 1.60. The first-order valence-corrected chi connectivity index (χ1v) is 8.64. The van der Waals surface area contributed by atoms with Gasteiger partial charge < -0.3 is 24.5 Å². The zero-order valence-electron chi connectivity index (χ0n) is 15.3. The minimum Gasteiger partial charge on any atom is -0.491 e. The first-order valence-electron chi connectivity index (χ1n) is 8.64. The molecule has 2 aromatic carbocycles. The standard InChI is InChI=1S/C21H20N2O5/c1-26-12-13-27-18-9-7-15(8-10-18)20(24)22-16-4-2-5-17(14-16)23-21(25)19-6-3-11-28-19/h2-11,14H,12-13H2,1H3,(H,22,24)(H,23,25). The number of carbonyl (C=O) groups excluding carboxylic acids is 2. The van der Waals surface area contributed by atoms with Gasteiger partial charge in [-0.05, 0) is 54.6 Å². The molecule has 0 aliphatic rings. The van der Waals surface area contributed by atoms with Gasteiger partial charge in [-0.25, -0.2) is 0 Å². The zero-order chi connectivity index (χ0) is 19.8. The fourth-order valence-corrected chi connectivity index (χ4v) is 2.42. The average Bonchev–Trinajstić information content (AvgIpc) is 3.24. The molecule has 3 rings (SSSR count). The molecule has 0 spiro atoms. The fraction of sp³-hybridized carbons (Fsp3) is 0.143. The van der Waals surface area contributed by atoms with Gasteiger partial charge in [-0.15, -0.1) is 0 Å². The van der Waals surface area contributed by atoms with Gasteiger partial charge in [-0.1, -0.05) is 6.07 Å². The number of furan rings is 1. The van der Waals surface area contributed by atoms with E-state index in [1.165, 1.54) is 6.26 Å². The minimum absolute atomic E-state index is 0.210. The van der Waals surface area contributed by atoms with Crippen LogP contribution in [0.25, 0.3) is 0 Å². The summed E-state index contributed by atoms with van der Waals surface area (Å²) in [6.45, 7) is 0.938. The van der Waals surface area contributed by atoms with Gasteiger partial charge in [0, 0.05) is 24.0 Å². The maximum atomic E-state index is 12.4. The number of anilines is 2. The number of ether oxygens (including phenoxy) is 2. The lowest BCUT2D eigenvalue weighted by Crippen LogP contribution is -2.13. The van der Waals surface area contributed by atoms with Crippen LogP contribution in [-0.4, -0.2) is 32.1 Å². The van der Waals surface area contributed by atoms with E-state index in [9.17, 15) is 9.59 Å². The van der Waals surface area contributed by atoms with Crippen molar-refractivity contribution in [3.05, 3.63) is 78.3 Å². The highest BCUT2D eigenvalue weighted by Crippen LogP contribution is 2.18. The van der Waals surface area contributed by atoms with Gasteiger partial charge in [0.2, 0.25) is 0 Å². The molecule has 2 amide bonds. The molecule has 7 nitrogen and oxygen atoms in total. The summed E-state index contributed by atoms with van der Waals surface area (Å²) in [5, 5.41) is 5.52. The molecule has 1 heterocycles. The van der Waals surface area contributed by atoms with Crippen molar-refractivity contribution in [2.75, 3.05) is 31.0 Å². The third kappa shape index (κ3) is 5.21. The van der Waals surface area contributed by atoms with Crippen LogP contribution in [0.4, 0.5) is 11.4 Å². The van der Waals surface area contributed by atoms with Gasteiger partial charge in [0.05, 0.1) is 12.9 Å². The van der Waals surface area contributed by atoms with Crippen molar-refractivity contribution >= 4 is 23.2 Å². The van der Waals surface area contributed by atoms with Crippen LogP contribution in [0.3, 0.4) is 0 Å². The summed E-state index contributed by atoms with van der Waals surface area (Å²) < 4.78 is 15.5. The number of nitrogens with one attached hydrogen (secondary N) is 2. The summed E-state index contributed by atoms with van der Waals surface area (Å²) in [6.07, 6.45) is 1.43. The van der Waals surface area contributed by atoms with Crippen molar-refractivity contribution in [1.29, 1.82) is 0 Å². The minimum atomic E-state index is -0.363. The highest BCUT2D eigenvalue weighted by atomic mass is 16.5.